The van der Waals surface area contributed by atoms with Gasteiger partial charge in [0, 0.05) is 0 Å². The minimum Gasteiger partial charge on any atom is -0.465 e. The summed E-state index contributed by atoms with van der Waals surface area (Å²) in [6.45, 7) is 5.91. The van der Waals surface area contributed by atoms with E-state index in [1.165, 1.54) is 0 Å². The third-order valence-corrected chi connectivity index (χ3v) is 6.43. The molecular formula is C14H26O4S. The molecule has 0 N–H and O–H groups in total. The quantitative estimate of drug-likeness (QED) is 0.706. The van der Waals surface area contributed by atoms with E-state index in [2.05, 4.69) is 6.92 Å². The van der Waals surface area contributed by atoms with E-state index < -0.39 is 21.1 Å². The van der Waals surface area contributed by atoms with E-state index in [0.29, 0.717) is 31.6 Å². The maximum Gasteiger partial charge on any atom is 0.324 e. The Morgan fingerprint density at radius 2 is 2.00 bits per heavy atom. The number of rotatable bonds is 6. The molecule has 0 bridgehead atoms. The van der Waals surface area contributed by atoms with Gasteiger partial charge in [-0.25, -0.2) is 8.42 Å². The van der Waals surface area contributed by atoms with E-state index in [-0.39, 0.29) is 11.9 Å². The average molecular weight is 290 g/mol. The normalized spacial score (nSPS) is 25.8. The first-order chi connectivity index (χ1) is 8.93. The molecule has 0 saturated heterocycles. The van der Waals surface area contributed by atoms with Crippen LogP contribution in [-0.4, -0.2) is 31.5 Å². The molecule has 3 atom stereocenters. The summed E-state index contributed by atoms with van der Waals surface area (Å²) in [7, 11) is -3.42. The Hall–Kier alpha value is -0.580. The van der Waals surface area contributed by atoms with Crippen LogP contribution in [0.4, 0.5) is 0 Å². The van der Waals surface area contributed by atoms with Crippen molar-refractivity contribution in [3.8, 4) is 0 Å². The molecule has 1 saturated carbocycles. The van der Waals surface area contributed by atoms with E-state index in [9.17, 15) is 13.2 Å². The minimum absolute atomic E-state index is 0.232. The van der Waals surface area contributed by atoms with Gasteiger partial charge in [-0.3, -0.25) is 4.79 Å². The molecule has 0 amide bonds. The van der Waals surface area contributed by atoms with Crippen molar-refractivity contribution in [2.24, 2.45) is 5.92 Å². The van der Waals surface area contributed by atoms with Crippen LogP contribution < -0.4 is 0 Å². The van der Waals surface area contributed by atoms with Crippen LogP contribution in [0.15, 0.2) is 0 Å². The highest BCUT2D eigenvalue weighted by molar-refractivity contribution is 7.93. The van der Waals surface area contributed by atoms with Crippen LogP contribution in [0.2, 0.25) is 0 Å². The first-order valence-electron chi connectivity index (χ1n) is 7.32. The Labute approximate surface area is 116 Å². The maximum absolute atomic E-state index is 12.6. The molecule has 3 unspecified atom stereocenters. The van der Waals surface area contributed by atoms with Gasteiger partial charge in [0.15, 0.2) is 15.1 Å². The summed E-state index contributed by atoms with van der Waals surface area (Å²) in [5.41, 5.74) is 0. The van der Waals surface area contributed by atoms with E-state index >= 15 is 0 Å². The lowest BCUT2D eigenvalue weighted by molar-refractivity contribution is -0.142. The van der Waals surface area contributed by atoms with Crippen LogP contribution in [0.1, 0.15) is 59.3 Å². The fourth-order valence-electron chi connectivity index (χ4n) is 2.82. The molecule has 0 radical (unpaired) electrons. The molecule has 5 heteroatoms. The minimum atomic E-state index is -3.42. The van der Waals surface area contributed by atoms with Crippen LogP contribution in [0.25, 0.3) is 0 Å². The molecule has 0 heterocycles. The topological polar surface area (TPSA) is 60.4 Å². The highest BCUT2D eigenvalue weighted by Gasteiger charge is 2.40. The largest absolute Gasteiger partial charge is 0.465 e. The summed E-state index contributed by atoms with van der Waals surface area (Å²) in [6.07, 6.45) is 4.43. The summed E-state index contributed by atoms with van der Waals surface area (Å²) in [6, 6.07) is 0. The van der Waals surface area contributed by atoms with Crippen molar-refractivity contribution < 1.29 is 17.9 Å². The second-order valence-corrected chi connectivity index (χ2v) is 7.93. The smallest absolute Gasteiger partial charge is 0.324 e. The van der Waals surface area contributed by atoms with E-state index in [0.717, 1.165) is 12.8 Å². The molecule has 1 aliphatic rings. The summed E-state index contributed by atoms with van der Waals surface area (Å²) < 4.78 is 30.2. The van der Waals surface area contributed by atoms with Crippen molar-refractivity contribution in [1.82, 2.24) is 0 Å². The van der Waals surface area contributed by atoms with Gasteiger partial charge in [-0.2, -0.15) is 0 Å². The molecule has 4 nitrogen and oxygen atoms in total. The number of sulfone groups is 1. The lowest BCUT2D eigenvalue weighted by Crippen LogP contribution is -2.40. The Balaban J connectivity index is 2.88. The maximum atomic E-state index is 12.6. The van der Waals surface area contributed by atoms with Gasteiger partial charge in [0.05, 0.1) is 11.9 Å². The monoisotopic (exact) mass is 290 g/mol. The lowest BCUT2D eigenvalue weighted by Gasteiger charge is -2.29. The second-order valence-electron chi connectivity index (χ2n) is 5.51. The average Bonchev–Trinajstić information content (AvgIpc) is 2.36. The zero-order valence-corrected chi connectivity index (χ0v) is 13.0. The van der Waals surface area contributed by atoms with Crippen LogP contribution in [0.5, 0.6) is 0 Å². The zero-order chi connectivity index (χ0) is 14.5. The number of hydrogen-bond donors (Lipinski definition) is 0. The fraction of sp³-hybridized carbons (Fsp3) is 0.929. The van der Waals surface area contributed by atoms with Crippen molar-refractivity contribution in [2.75, 3.05) is 6.61 Å². The van der Waals surface area contributed by atoms with Crippen molar-refractivity contribution >= 4 is 15.8 Å². The van der Waals surface area contributed by atoms with E-state index in [1.807, 2.05) is 6.92 Å². The van der Waals surface area contributed by atoms with Gasteiger partial charge in [0.25, 0.3) is 0 Å². The molecular weight excluding hydrogens is 264 g/mol. The first-order valence-corrected chi connectivity index (χ1v) is 8.93. The van der Waals surface area contributed by atoms with Gasteiger partial charge in [-0.15, -0.1) is 0 Å². The van der Waals surface area contributed by atoms with Crippen LogP contribution in [0.3, 0.4) is 0 Å². The van der Waals surface area contributed by atoms with Crippen LogP contribution in [-0.2, 0) is 19.4 Å². The number of ether oxygens (including phenoxy) is 1. The Morgan fingerprint density at radius 3 is 2.53 bits per heavy atom. The molecule has 1 fully saturated rings. The summed E-state index contributed by atoms with van der Waals surface area (Å²) in [5, 5.41) is -1.33. The van der Waals surface area contributed by atoms with Gasteiger partial charge >= 0.3 is 5.97 Å². The van der Waals surface area contributed by atoms with Crippen molar-refractivity contribution in [3.63, 3.8) is 0 Å². The Bertz CT molecular complexity index is 388. The SMILES string of the molecule is CCCC(C(=O)OCC)S(=O)(=O)C1CCCC(C)C1. The third kappa shape index (κ3) is 4.20. The summed E-state index contributed by atoms with van der Waals surface area (Å²) in [5.74, 6) is -0.138. The molecule has 0 spiro atoms. The van der Waals surface area contributed by atoms with Crippen LogP contribution >= 0.6 is 0 Å². The highest BCUT2D eigenvalue weighted by Crippen LogP contribution is 2.31. The Morgan fingerprint density at radius 1 is 1.32 bits per heavy atom. The number of esters is 1. The number of hydrogen-bond acceptors (Lipinski definition) is 4. The number of carbonyl (C=O) groups is 1. The molecule has 1 rings (SSSR count). The van der Waals surface area contributed by atoms with Gasteiger partial charge in [-0.05, 0) is 32.1 Å². The molecule has 0 aromatic carbocycles. The van der Waals surface area contributed by atoms with Gasteiger partial charge in [0.2, 0.25) is 0 Å². The third-order valence-electron chi connectivity index (χ3n) is 3.85. The molecule has 0 aromatic rings. The molecule has 0 aliphatic heterocycles. The van der Waals surface area contributed by atoms with E-state index in [4.69, 9.17) is 4.74 Å². The lowest BCUT2D eigenvalue weighted by atomic mass is 9.91. The predicted molar refractivity (Wildman–Crippen MR) is 75.7 cm³/mol. The standard InChI is InChI=1S/C14H26O4S/c1-4-7-13(14(15)18-5-2)19(16,17)12-9-6-8-11(3)10-12/h11-13H,4-10H2,1-3H3. The molecule has 19 heavy (non-hydrogen) atoms. The predicted octanol–water partition coefficient (Wildman–Crippen LogP) is 2.71. The fourth-order valence-corrected chi connectivity index (χ4v) is 5.28. The molecule has 1 aliphatic carbocycles. The van der Waals surface area contributed by atoms with Crippen LogP contribution in [0, 0.1) is 5.92 Å². The summed E-state index contributed by atoms with van der Waals surface area (Å²) >= 11 is 0. The van der Waals surface area contributed by atoms with Crippen molar-refractivity contribution in [3.05, 3.63) is 0 Å². The van der Waals surface area contributed by atoms with Gasteiger partial charge < -0.3 is 4.74 Å². The second kappa shape index (κ2) is 7.27. The molecule has 112 valence electrons. The summed E-state index contributed by atoms with van der Waals surface area (Å²) in [4.78, 5) is 11.9. The number of carbonyl (C=O) groups excluding carboxylic acids is 1. The Kier molecular flexibility index (Phi) is 6.30. The zero-order valence-electron chi connectivity index (χ0n) is 12.2. The molecule has 0 aromatic heterocycles. The van der Waals surface area contributed by atoms with Gasteiger partial charge in [-0.1, -0.05) is 33.1 Å². The van der Waals surface area contributed by atoms with E-state index in [1.54, 1.807) is 6.92 Å². The van der Waals surface area contributed by atoms with Gasteiger partial charge in [0.1, 0.15) is 0 Å². The highest BCUT2D eigenvalue weighted by atomic mass is 32.2. The first kappa shape index (κ1) is 16.5. The van der Waals surface area contributed by atoms with Crippen molar-refractivity contribution in [2.45, 2.75) is 69.8 Å². The van der Waals surface area contributed by atoms with Crippen molar-refractivity contribution in [1.29, 1.82) is 0 Å².